The Kier molecular flexibility index (Phi) is 6.57. The van der Waals surface area contributed by atoms with Crippen LogP contribution in [0.15, 0.2) is 36.8 Å². The lowest BCUT2D eigenvalue weighted by Gasteiger charge is -2.30. The molecule has 0 spiro atoms. The van der Waals surface area contributed by atoms with Gasteiger partial charge in [0.1, 0.15) is 11.3 Å². The fraction of sp³-hybridized carbons (Fsp3) is 0.211. The van der Waals surface area contributed by atoms with Crippen molar-refractivity contribution in [3.05, 3.63) is 63.9 Å². The first-order valence-electron chi connectivity index (χ1n) is 8.73. The van der Waals surface area contributed by atoms with Crippen molar-refractivity contribution in [2.75, 3.05) is 7.11 Å². The van der Waals surface area contributed by atoms with E-state index in [4.69, 9.17) is 23.2 Å². The monoisotopic (exact) mass is 533 g/mol. The van der Waals surface area contributed by atoms with Gasteiger partial charge in [-0.2, -0.15) is 35.8 Å². The minimum Gasteiger partial charge on any atom is -0.465 e. The van der Waals surface area contributed by atoms with Gasteiger partial charge in [-0.25, -0.2) is 18.9 Å². The number of carbonyl (C=O) groups is 1. The van der Waals surface area contributed by atoms with Gasteiger partial charge in [-0.05, 0) is 18.2 Å². The van der Waals surface area contributed by atoms with E-state index in [1.54, 1.807) is 0 Å². The van der Waals surface area contributed by atoms with Gasteiger partial charge in [-0.1, -0.05) is 23.2 Å². The molecule has 0 atom stereocenters. The Bertz CT molecular complexity index is 1220. The quantitative estimate of drug-likeness (QED) is 0.219. The van der Waals surface area contributed by atoms with Crippen molar-refractivity contribution >= 4 is 29.2 Å². The van der Waals surface area contributed by atoms with Gasteiger partial charge in [-0.15, -0.1) is 0 Å². The Morgan fingerprint density at radius 3 is 2.00 bits per heavy atom. The molecule has 0 fully saturated rings. The van der Waals surface area contributed by atoms with Crippen molar-refractivity contribution < 1.29 is 44.7 Å². The second kappa shape index (κ2) is 8.69. The van der Waals surface area contributed by atoms with E-state index in [0.29, 0.717) is 0 Å². The molecule has 2 aromatic heterocycles. The van der Waals surface area contributed by atoms with Crippen molar-refractivity contribution in [2.45, 2.75) is 18.0 Å². The molecule has 2 heterocycles. The SMILES string of the molecule is COC(=O)c1cc(-c2cnn(-c3c(Cl)cc(C(F)(C(F)(F)F)C(F)(F)F)cc3Cl)c2)cnc1F. The van der Waals surface area contributed by atoms with Crippen LogP contribution in [0.25, 0.3) is 16.8 Å². The lowest BCUT2D eigenvalue weighted by atomic mass is 9.94. The standard InChI is InChI=1S/C19H9Cl2F8N3O2/c1-34-16(33)11-2-8(5-30-15(11)22)9-6-31-32(7-9)14-12(20)3-10(4-13(14)21)17(23,18(24,25)26)19(27,28)29/h2-7H,1H3. The number of hydrogen-bond acceptors (Lipinski definition) is 4. The van der Waals surface area contributed by atoms with E-state index < -0.39 is 51.1 Å². The van der Waals surface area contributed by atoms with Crippen LogP contribution >= 0.6 is 23.2 Å². The van der Waals surface area contributed by atoms with E-state index >= 15 is 0 Å². The molecule has 0 bridgehead atoms. The van der Waals surface area contributed by atoms with Crippen LogP contribution in [0.3, 0.4) is 0 Å². The fourth-order valence-electron chi connectivity index (χ4n) is 2.92. The summed E-state index contributed by atoms with van der Waals surface area (Å²) in [5, 5.41) is 2.31. The van der Waals surface area contributed by atoms with E-state index in [2.05, 4.69) is 14.8 Å². The third kappa shape index (κ3) is 4.29. The third-order valence-electron chi connectivity index (χ3n) is 4.59. The van der Waals surface area contributed by atoms with Crippen LogP contribution in [0, 0.1) is 5.95 Å². The van der Waals surface area contributed by atoms with Crippen LogP contribution < -0.4 is 0 Å². The predicted octanol–water partition coefficient (Wildman–Crippen LogP) is 6.46. The van der Waals surface area contributed by atoms with Crippen molar-refractivity contribution in [1.29, 1.82) is 0 Å². The van der Waals surface area contributed by atoms with Gasteiger partial charge in [0.05, 0.1) is 23.4 Å². The summed E-state index contributed by atoms with van der Waals surface area (Å²) in [7, 11) is 1.02. The van der Waals surface area contributed by atoms with E-state index in [-0.39, 0.29) is 28.9 Å². The van der Waals surface area contributed by atoms with Gasteiger partial charge in [0.25, 0.3) is 0 Å². The number of benzene rings is 1. The average molecular weight is 534 g/mol. The number of nitrogens with zero attached hydrogens (tertiary/aromatic N) is 3. The second-order valence-electron chi connectivity index (χ2n) is 6.67. The minimum atomic E-state index is -6.36. The van der Waals surface area contributed by atoms with Crippen LogP contribution in [0.2, 0.25) is 10.0 Å². The number of ether oxygens (including phenoxy) is 1. The van der Waals surface area contributed by atoms with Gasteiger partial charge in [-0.3, -0.25) is 0 Å². The molecule has 0 amide bonds. The molecule has 0 N–H and O–H groups in total. The normalized spacial score (nSPS) is 12.7. The van der Waals surface area contributed by atoms with E-state index in [9.17, 15) is 39.9 Å². The van der Waals surface area contributed by atoms with Crippen molar-refractivity contribution in [3.63, 3.8) is 0 Å². The summed E-state index contributed by atoms with van der Waals surface area (Å²) in [6.45, 7) is 0. The summed E-state index contributed by atoms with van der Waals surface area (Å²) in [4.78, 5) is 15.1. The number of esters is 1. The van der Waals surface area contributed by atoms with Crippen LogP contribution in [-0.4, -0.2) is 40.2 Å². The van der Waals surface area contributed by atoms with Gasteiger partial charge in [0.2, 0.25) is 5.95 Å². The molecule has 0 aliphatic rings. The van der Waals surface area contributed by atoms with Crippen molar-refractivity contribution in [1.82, 2.24) is 14.8 Å². The smallest absolute Gasteiger partial charge is 0.435 e. The highest BCUT2D eigenvalue weighted by molar-refractivity contribution is 6.37. The summed E-state index contributed by atoms with van der Waals surface area (Å²) in [6, 6.07) is 1.35. The summed E-state index contributed by atoms with van der Waals surface area (Å²) < 4.78 is 112. The van der Waals surface area contributed by atoms with Crippen LogP contribution in [-0.2, 0) is 10.4 Å². The highest BCUT2D eigenvalue weighted by Gasteiger charge is 2.73. The van der Waals surface area contributed by atoms with Gasteiger partial charge >= 0.3 is 24.0 Å². The molecule has 0 saturated heterocycles. The lowest BCUT2D eigenvalue weighted by Crippen LogP contribution is -2.50. The number of hydrogen-bond donors (Lipinski definition) is 0. The Hall–Kier alpha value is -2.93. The molecule has 0 aliphatic carbocycles. The largest absolute Gasteiger partial charge is 0.465 e. The molecular formula is C19H9Cl2F8N3O2. The van der Waals surface area contributed by atoms with Crippen LogP contribution in [0.1, 0.15) is 15.9 Å². The number of methoxy groups -OCH3 is 1. The minimum absolute atomic E-state index is 0.139. The lowest BCUT2D eigenvalue weighted by molar-refractivity contribution is -0.348. The highest BCUT2D eigenvalue weighted by Crippen LogP contribution is 2.54. The molecule has 3 aromatic rings. The molecule has 3 rings (SSSR count). The molecular weight excluding hydrogens is 525 g/mol. The van der Waals surface area contributed by atoms with Gasteiger partial charge < -0.3 is 4.74 Å². The summed E-state index contributed by atoms with van der Waals surface area (Å²) in [5.41, 5.74) is -8.15. The van der Waals surface area contributed by atoms with Crippen molar-refractivity contribution in [2.24, 2.45) is 0 Å². The predicted molar refractivity (Wildman–Crippen MR) is 103 cm³/mol. The van der Waals surface area contributed by atoms with Gasteiger partial charge in [0, 0.05) is 29.1 Å². The molecule has 0 unspecified atom stereocenters. The summed E-state index contributed by atoms with van der Waals surface area (Å²) in [5.74, 6) is -2.14. The van der Waals surface area contributed by atoms with E-state index in [1.165, 1.54) is 6.20 Å². The van der Waals surface area contributed by atoms with Crippen LogP contribution in [0.4, 0.5) is 35.1 Å². The zero-order chi connectivity index (χ0) is 25.6. The molecule has 0 radical (unpaired) electrons. The molecule has 15 heteroatoms. The van der Waals surface area contributed by atoms with Crippen molar-refractivity contribution in [3.8, 4) is 16.8 Å². The number of pyridine rings is 1. The third-order valence-corrected chi connectivity index (χ3v) is 5.16. The zero-order valence-electron chi connectivity index (χ0n) is 16.4. The number of halogens is 10. The van der Waals surface area contributed by atoms with E-state index in [0.717, 1.165) is 30.3 Å². The molecule has 0 aliphatic heterocycles. The highest BCUT2D eigenvalue weighted by atomic mass is 35.5. The number of alkyl halides is 7. The molecule has 34 heavy (non-hydrogen) atoms. The summed E-state index contributed by atoms with van der Waals surface area (Å²) in [6.07, 6.45) is -9.38. The second-order valence-corrected chi connectivity index (χ2v) is 7.48. The van der Waals surface area contributed by atoms with E-state index in [1.807, 2.05) is 0 Å². The summed E-state index contributed by atoms with van der Waals surface area (Å²) >= 11 is 11.7. The number of aromatic nitrogens is 3. The molecule has 5 nitrogen and oxygen atoms in total. The average Bonchev–Trinajstić information content (AvgIpc) is 3.20. The first-order chi connectivity index (χ1) is 15.6. The Labute approximate surface area is 194 Å². The topological polar surface area (TPSA) is 57.0 Å². The molecule has 182 valence electrons. The molecule has 1 aromatic carbocycles. The molecule has 0 saturated carbocycles. The number of rotatable bonds is 4. The maximum atomic E-state index is 14.4. The van der Waals surface area contributed by atoms with Gasteiger partial charge in [0.15, 0.2) is 0 Å². The first kappa shape index (κ1) is 25.7. The Morgan fingerprint density at radius 1 is 0.941 bits per heavy atom. The number of carbonyl (C=O) groups excluding carboxylic acids is 1. The van der Waals surface area contributed by atoms with Crippen LogP contribution in [0.5, 0.6) is 0 Å². The maximum Gasteiger partial charge on any atom is 0.435 e. The first-order valence-corrected chi connectivity index (χ1v) is 9.48. The zero-order valence-corrected chi connectivity index (χ0v) is 17.9. The maximum absolute atomic E-state index is 14.4. The fourth-order valence-corrected chi connectivity index (χ4v) is 3.58. The Morgan fingerprint density at radius 2 is 1.50 bits per heavy atom. The Balaban J connectivity index is 2.09.